The minimum Gasteiger partial charge on any atom is -0.465 e. The molecule has 0 aromatic carbocycles. The second-order valence-corrected chi connectivity index (χ2v) is 17.9. The molecule has 0 spiro atoms. The number of fused-ring (bicyclic) bond motifs is 7. The van der Waals surface area contributed by atoms with Crippen LogP contribution in [0.25, 0.3) is 0 Å². The summed E-state index contributed by atoms with van der Waals surface area (Å²) in [5, 5.41) is 3.47. The molecule has 7 heteroatoms. The lowest BCUT2D eigenvalue weighted by molar-refractivity contribution is -0.256. The summed E-state index contributed by atoms with van der Waals surface area (Å²) < 4.78 is 11.7. The van der Waals surface area contributed by atoms with Gasteiger partial charge in [0.25, 0.3) is 0 Å². The molecule has 1 amide bonds. The predicted octanol–water partition coefficient (Wildman–Crippen LogP) is 7.97. The van der Waals surface area contributed by atoms with E-state index in [0.717, 1.165) is 96.8 Å². The van der Waals surface area contributed by atoms with Crippen molar-refractivity contribution in [2.75, 3.05) is 32.8 Å². The number of hydrogen-bond acceptors (Lipinski definition) is 6. The van der Waals surface area contributed by atoms with Crippen LogP contribution in [0.15, 0.2) is 12.2 Å². The zero-order valence-electron chi connectivity index (χ0n) is 32.0. The van der Waals surface area contributed by atoms with Gasteiger partial charge in [-0.1, -0.05) is 53.7 Å². The summed E-state index contributed by atoms with van der Waals surface area (Å²) in [6.07, 6.45) is 11.1. The number of rotatable bonds is 11. The molecule has 0 saturated heterocycles. The van der Waals surface area contributed by atoms with Gasteiger partial charge in [0.1, 0.15) is 12.7 Å². The summed E-state index contributed by atoms with van der Waals surface area (Å²) in [7, 11) is 0. The second-order valence-electron chi connectivity index (χ2n) is 17.9. The Hall–Kier alpha value is -1.89. The summed E-state index contributed by atoms with van der Waals surface area (Å²) in [5.41, 5.74) is 0.841. The topological polar surface area (TPSA) is 84.9 Å². The molecule has 0 aromatic rings. The third-order valence-corrected chi connectivity index (χ3v) is 16.0. The van der Waals surface area contributed by atoms with Crippen molar-refractivity contribution in [1.82, 2.24) is 10.2 Å². The maximum atomic E-state index is 14.4. The predicted molar refractivity (Wildman–Crippen MR) is 191 cm³/mol. The monoisotopic (exact) mass is 669 g/mol. The van der Waals surface area contributed by atoms with Gasteiger partial charge in [-0.3, -0.25) is 14.4 Å². The first-order valence-corrected chi connectivity index (χ1v) is 19.5. The van der Waals surface area contributed by atoms with Crippen molar-refractivity contribution < 1.29 is 23.9 Å². The van der Waals surface area contributed by atoms with Crippen molar-refractivity contribution in [2.24, 2.45) is 56.7 Å². The van der Waals surface area contributed by atoms with Crippen LogP contribution in [0.1, 0.15) is 133 Å². The Balaban J connectivity index is 1.43. The number of nitrogens with zero attached hydrogens (tertiary/aromatic N) is 1. The summed E-state index contributed by atoms with van der Waals surface area (Å²) in [6, 6.07) is 0. The highest BCUT2D eigenvalue weighted by molar-refractivity contribution is 5.84. The molecular formula is C41H68N2O5. The number of ether oxygens (including phenoxy) is 2. The Morgan fingerprint density at radius 3 is 2.15 bits per heavy atom. The van der Waals surface area contributed by atoms with Crippen LogP contribution in [0, 0.1) is 56.7 Å². The van der Waals surface area contributed by atoms with E-state index >= 15 is 0 Å². The molecular weight excluding hydrogens is 600 g/mol. The van der Waals surface area contributed by atoms with Crippen LogP contribution in [-0.2, 0) is 23.9 Å². The van der Waals surface area contributed by atoms with E-state index in [4.69, 9.17) is 9.47 Å². The van der Waals surface area contributed by atoms with Crippen molar-refractivity contribution >= 4 is 17.8 Å². The number of esters is 2. The Bertz CT molecular complexity index is 1250. The Labute approximate surface area is 292 Å². The van der Waals surface area contributed by atoms with E-state index < -0.39 is 5.41 Å². The first-order chi connectivity index (χ1) is 22.5. The SMILES string of the molecule is C=C(C)[C@@H]1CC[C@]2(C(=O)NCCCN(CC)CC)CC[C@]3(C)[C@H](CC[C@@H]4[C@@]5(C)CC[C@H](OC(C)=O)[C@@](C)(COC(C)=O)[C@@H]5CC[C@]43C)[C@@H]12. The molecule has 0 radical (unpaired) electrons. The van der Waals surface area contributed by atoms with Crippen molar-refractivity contribution in [3.63, 3.8) is 0 Å². The van der Waals surface area contributed by atoms with E-state index in [0.29, 0.717) is 42.1 Å². The van der Waals surface area contributed by atoms with Crippen LogP contribution in [0.3, 0.4) is 0 Å². The van der Waals surface area contributed by atoms with Crippen LogP contribution < -0.4 is 5.32 Å². The lowest BCUT2D eigenvalue weighted by atomic mass is 9.32. The van der Waals surface area contributed by atoms with Gasteiger partial charge in [0.2, 0.25) is 5.91 Å². The van der Waals surface area contributed by atoms with Crippen molar-refractivity contribution in [3.8, 4) is 0 Å². The van der Waals surface area contributed by atoms with Crippen molar-refractivity contribution in [1.29, 1.82) is 0 Å². The standard InChI is InChI=1S/C41H68N2O5/c1-11-43(12-2)25-13-24-42-36(46)41-21-16-30(27(3)4)35(41)31-14-15-33-37(7)19-18-34(48-29(6)45)38(8,26-47-28(5)44)32(37)17-20-40(33,10)39(31,9)22-23-41/h30-35H,3,11-26H2,1-2,4-10H3,(H,42,46)/t30-,31+,32+,33+,34-,35+,37-,38-,39+,40+,41-/m0/s1. The van der Waals surface area contributed by atoms with Crippen molar-refractivity contribution in [2.45, 2.75) is 139 Å². The summed E-state index contributed by atoms with van der Waals surface area (Å²) in [4.78, 5) is 41.2. The van der Waals surface area contributed by atoms with E-state index in [2.05, 4.69) is 65.3 Å². The zero-order chi connectivity index (χ0) is 35.3. The first kappa shape index (κ1) is 37.4. The molecule has 0 bridgehead atoms. The number of carbonyl (C=O) groups excluding carboxylic acids is 3. The van der Waals surface area contributed by atoms with Crippen LogP contribution in [0.4, 0.5) is 0 Å². The van der Waals surface area contributed by atoms with Crippen LogP contribution in [0.2, 0.25) is 0 Å². The Kier molecular flexibility index (Phi) is 10.6. The summed E-state index contributed by atoms with van der Waals surface area (Å²) in [5.74, 6) is 1.82. The third-order valence-electron chi connectivity index (χ3n) is 16.0. The molecule has 0 aromatic heterocycles. The molecule has 5 fully saturated rings. The number of carbonyl (C=O) groups is 3. The van der Waals surface area contributed by atoms with Gasteiger partial charge >= 0.3 is 11.9 Å². The Morgan fingerprint density at radius 2 is 1.52 bits per heavy atom. The lowest BCUT2D eigenvalue weighted by Crippen LogP contribution is -2.68. The highest BCUT2D eigenvalue weighted by Crippen LogP contribution is 2.77. The van der Waals surface area contributed by atoms with Gasteiger partial charge in [0.15, 0.2) is 0 Å². The zero-order valence-corrected chi connectivity index (χ0v) is 32.0. The van der Waals surface area contributed by atoms with Gasteiger partial charge in [-0.05, 0) is 143 Å². The molecule has 272 valence electrons. The molecule has 11 atom stereocenters. The van der Waals surface area contributed by atoms with Gasteiger partial charge in [0.05, 0.1) is 5.41 Å². The maximum absolute atomic E-state index is 14.4. The van der Waals surface area contributed by atoms with Crippen LogP contribution >= 0.6 is 0 Å². The average Bonchev–Trinajstić information content (AvgIpc) is 3.43. The minimum atomic E-state index is -0.426. The summed E-state index contributed by atoms with van der Waals surface area (Å²) >= 11 is 0. The van der Waals surface area contributed by atoms with Gasteiger partial charge in [-0.2, -0.15) is 0 Å². The number of nitrogens with one attached hydrogen (secondary N) is 1. The first-order valence-electron chi connectivity index (χ1n) is 19.5. The molecule has 0 heterocycles. The van der Waals surface area contributed by atoms with E-state index in [1.54, 1.807) is 0 Å². The van der Waals surface area contributed by atoms with Crippen LogP contribution in [-0.4, -0.2) is 61.6 Å². The molecule has 5 aliphatic carbocycles. The second kappa shape index (κ2) is 13.7. The van der Waals surface area contributed by atoms with Crippen molar-refractivity contribution in [3.05, 3.63) is 12.2 Å². The van der Waals surface area contributed by atoms with E-state index in [-0.39, 0.29) is 39.7 Å². The average molecular weight is 669 g/mol. The maximum Gasteiger partial charge on any atom is 0.302 e. The molecule has 5 aliphatic rings. The van der Waals surface area contributed by atoms with E-state index in [1.807, 2.05) is 0 Å². The van der Waals surface area contributed by atoms with E-state index in [1.165, 1.54) is 19.4 Å². The third kappa shape index (κ3) is 5.88. The summed E-state index contributed by atoms with van der Waals surface area (Å²) in [6.45, 7) is 28.2. The molecule has 5 saturated carbocycles. The Morgan fingerprint density at radius 1 is 0.812 bits per heavy atom. The number of hydrogen-bond donors (Lipinski definition) is 1. The molecule has 1 N–H and O–H groups in total. The highest BCUT2D eigenvalue weighted by atomic mass is 16.6. The van der Waals surface area contributed by atoms with Gasteiger partial charge in [0, 0.05) is 25.8 Å². The smallest absolute Gasteiger partial charge is 0.302 e. The highest BCUT2D eigenvalue weighted by Gasteiger charge is 2.72. The molecule has 0 aliphatic heterocycles. The molecule has 5 rings (SSSR count). The fourth-order valence-electron chi connectivity index (χ4n) is 13.4. The van der Waals surface area contributed by atoms with E-state index in [9.17, 15) is 14.4 Å². The van der Waals surface area contributed by atoms with Crippen LogP contribution in [0.5, 0.6) is 0 Å². The molecule has 48 heavy (non-hydrogen) atoms. The molecule has 0 unspecified atom stereocenters. The van der Waals surface area contributed by atoms with Gasteiger partial charge in [-0.15, -0.1) is 0 Å². The quantitative estimate of drug-likeness (QED) is 0.137. The fraction of sp³-hybridized carbons (Fsp3) is 0.878. The minimum absolute atomic E-state index is 0.0483. The number of amides is 1. The fourth-order valence-corrected chi connectivity index (χ4v) is 13.4. The normalized spacial score (nSPS) is 43.3. The largest absolute Gasteiger partial charge is 0.465 e. The van der Waals surface area contributed by atoms with Gasteiger partial charge in [-0.25, -0.2) is 0 Å². The molecule has 7 nitrogen and oxygen atoms in total. The van der Waals surface area contributed by atoms with Gasteiger partial charge < -0.3 is 19.7 Å². The lowest BCUT2D eigenvalue weighted by Gasteiger charge is -2.73. The number of allylic oxidation sites excluding steroid dienone is 1.